The zero-order chi connectivity index (χ0) is 27.2. The summed E-state index contributed by atoms with van der Waals surface area (Å²) in [5.74, 6) is -1.55. The molecule has 0 unspecified atom stereocenters. The van der Waals surface area contributed by atoms with Gasteiger partial charge in [0.1, 0.15) is 5.82 Å². The molecule has 0 radical (unpaired) electrons. The van der Waals surface area contributed by atoms with Crippen LogP contribution in [0.5, 0.6) is 0 Å². The fraction of sp³-hybridized carbons (Fsp3) is 0.129. The maximum Gasteiger partial charge on any atom is 0.411 e. The van der Waals surface area contributed by atoms with Gasteiger partial charge in [-0.2, -0.15) is 0 Å². The Bertz CT molecular complexity index is 1460. The van der Waals surface area contributed by atoms with Crippen LogP contribution in [-0.4, -0.2) is 28.8 Å². The van der Waals surface area contributed by atoms with Crippen molar-refractivity contribution in [3.05, 3.63) is 137 Å². The van der Waals surface area contributed by atoms with E-state index in [1.807, 2.05) is 60.7 Å². The van der Waals surface area contributed by atoms with Crippen molar-refractivity contribution in [3.8, 4) is 0 Å². The number of cyclic esters (lactones) is 1. The molecule has 39 heavy (non-hydrogen) atoms. The quantitative estimate of drug-likeness (QED) is 0.321. The summed E-state index contributed by atoms with van der Waals surface area (Å²) in [6.07, 6.45) is -1.46. The third kappa shape index (κ3) is 5.96. The van der Waals surface area contributed by atoms with Crippen LogP contribution in [0.25, 0.3) is 0 Å². The molecular weight excluding hydrogens is 497 g/mol. The van der Waals surface area contributed by atoms with Crippen LogP contribution in [0.15, 0.2) is 109 Å². The first-order valence-corrected chi connectivity index (χ1v) is 12.5. The molecule has 7 nitrogen and oxygen atoms in total. The molecular formula is C31H26FN3O4. The van der Waals surface area contributed by atoms with E-state index in [1.54, 1.807) is 30.3 Å². The molecule has 1 fully saturated rings. The number of benzene rings is 4. The Labute approximate surface area is 225 Å². The molecule has 2 atom stereocenters. The third-order valence-corrected chi connectivity index (χ3v) is 6.47. The van der Waals surface area contributed by atoms with Crippen LogP contribution in [0.2, 0.25) is 0 Å². The number of amides is 3. The van der Waals surface area contributed by atoms with Crippen molar-refractivity contribution in [2.45, 2.75) is 25.2 Å². The number of carbonyl (C=O) groups excluding carboxylic acids is 3. The van der Waals surface area contributed by atoms with Crippen molar-refractivity contribution < 1.29 is 23.5 Å². The van der Waals surface area contributed by atoms with E-state index >= 15 is 0 Å². The number of hydrogen-bond donors (Lipinski definition) is 2. The summed E-state index contributed by atoms with van der Waals surface area (Å²) in [7, 11) is 0. The van der Waals surface area contributed by atoms with E-state index in [9.17, 15) is 18.8 Å². The lowest BCUT2D eigenvalue weighted by molar-refractivity contribution is -0.126. The highest BCUT2D eigenvalue weighted by Crippen LogP contribution is 2.34. The fourth-order valence-electron chi connectivity index (χ4n) is 4.48. The zero-order valence-corrected chi connectivity index (χ0v) is 20.9. The highest BCUT2D eigenvalue weighted by Gasteiger charge is 2.46. The predicted octanol–water partition coefficient (Wildman–Crippen LogP) is 5.46. The molecule has 0 aromatic heterocycles. The lowest BCUT2D eigenvalue weighted by atomic mass is 10.00. The second-order valence-electron chi connectivity index (χ2n) is 9.12. The van der Waals surface area contributed by atoms with Crippen molar-refractivity contribution in [3.63, 3.8) is 0 Å². The van der Waals surface area contributed by atoms with Crippen molar-refractivity contribution in [1.29, 1.82) is 0 Å². The van der Waals surface area contributed by atoms with Crippen LogP contribution >= 0.6 is 0 Å². The molecule has 196 valence electrons. The van der Waals surface area contributed by atoms with E-state index < -0.39 is 30.0 Å². The van der Waals surface area contributed by atoms with E-state index in [-0.39, 0.29) is 18.0 Å². The molecule has 3 amide bonds. The molecule has 0 bridgehead atoms. The predicted molar refractivity (Wildman–Crippen MR) is 144 cm³/mol. The number of hydrogen-bond acceptors (Lipinski definition) is 4. The lowest BCUT2D eigenvalue weighted by Crippen LogP contribution is -2.46. The Balaban J connectivity index is 1.36. The minimum Gasteiger partial charge on any atom is -0.438 e. The maximum absolute atomic E-state index is 14.0. The topological polar surface area (TPSA) is 87.7 Å². The number of nitrogens with one attached hydrogen (secondary N) is 2. The number of ether oxygens (including phenoxy) is 1. The zero-order valence-electron chi connectivity index (χ0n) is 20.9. The van der Waals surface area contributed by atoms with Gasteiger partial charge >= 0.3 is 6.09 Å². The molecule has 1 aliphatic heterocycles. The van der Waals surface area contributed by atoms with Gasteiger partial charge in [-0.3, -0.25) is 14.5 Å². The van der Waals surface area contributed by atoms with E-state index in [0.29, 0.717) is 17.8 Å². The smallest absolute Gasteiger partial charge is 0.411 e. The number of halogens is 1. The first kappa shape index (κ1) is 25.7. The summed E-state index contributed by atoms with van der Waals surface area (Å²) in [4.78, 5) is 40.4. The monoisotopic (exact) mass is 523 g/mol. The first-order chi connectivity index (χ1) is 19.0. The molecule has 0 spiro atoms. The maximum atomic E-state index is 14.0. The third-order valence-electron chi connectivity index (χ3n) is 6.47. The summed E-state index contributed by atoms with van der Waals surface area (Å²) in [6, 6.07) is 30.3. The Kier molecular flexibility index (Phi) is 7.63. The molecule has 0 saturated carbocycles. The number of rotatable bonds is 8. The van der Waals surface area contributed by atoms with Gasteiger partial charge in [0.2, 0.25) is 5.91 Å². The fourth-order valence-corrected chi connectivity index (χ4v) is 4.48. The van der Waals surface area contributed by atoms with Gasteiger partial charge in [0, 0.05) is 12.2 Å². The van der Waals surface area contributed by atoms with Crippen molar-refractivity contribution in [2.75, 3.05) is 5.32 Å². The van der Waals surface area contributed by atoms with Crippen LogP contribution in [-0.2, 0) is 22.6 Å². The lowest BCUT2D eigenvalue weighted by Gasteiger charge is -2.24. The summed E-state index contributed by atoms with van der Waals surface area (Å²) in [6.45, 7) is 0.508. The molecule has 1 heterocycles. The molecule has 4 aromatic rings. The first-order valence-electron chi connectivity index (χ1n) is 12.5. The van der Waals surface area contributed by atoms with Crippen molar-refractivity contribution in [2.24, 2.45) is 0 Å². The van der Waals surface area contributed by atoms with E-state index in [2.05, 4.69) is 10.6 Å². The standard InChI is InChI=1S/C31H26FN3O4/c32-26-14-8-7-13-25(26)29(36)34-24-17-15-23(16-18-24)28-27(30(37)33-19-21-9-3-1-4-10-21)35(31(38)39-28)20-22-11-5-2-6-12-22/h1-18,27-28H,19-20H2,(H,33,37)(H,34,36)/t27-,28-/m1/s1. The van der Waals surface area contributed by atoms with Gasteiger partial charge in [-0.1, -0.05) is 84.9 Å². The van der Waals surface area contributed by atoms with Crippen molar-refractivity contribution >= 4 is 23.6 Å². The molecule has 8 heteroatoms. The molecule has 1 saturated heterocycles. The van der Waals surface area contributed by atoms with Gasteiger partial charge in [0.25, 0.3) is 5.91 Å². The Morgan fingerprint density at radius 1 is 0.795 bits per heavy atom. The summed E-state index contributed by atoms with van der Waals surface area (Å²) < 4.78 is 19.7. The summed E-state index contributed by atoms with van der Waals surface area (Å²) >= 11 is 0. The normalized spacial score (nSPS) is 16.4. The second-order valence-corrected chi connectivity index (χ2v) is 9.12. The second kappa shape index (κ2) is 11.6. The van der Waals surface area contributed by atoms with Crippen LogP contribution in [0.1, 0.15) is 33.2 Å². The van der Waals surface area contributed by atoms with Gasteiger partial charge in [-0.05, 0) is 41.0 Å². The Morgan fingerprint density at radius 2 is 1.41 bits per heavy atom. The van der Waals surface area contributed by atoms with E-state index in [4.69, 9.17) is 4.74 Å². The molecule has 4 aromatic carbocycles. The van der Waals surface area contributed by atoms with Gasteiger partial charge in [0.15, 0.2) is 12.1 Å². The highest BCUT2D eigenvalue weighted by molar-refractivity contribution is 6.04. The van der Waals surface area contributed by atoms with E-state index in [1.165, 1.54) is 23.1 Å². The summed E-state index contributed by atoms with van der Waals surface area (Å²) in [5, 5.41) is 5.60. The Hall–Kier alpha value is -4.98. The van der Waals surface area contributed by atoms with E-state index in [0.717, 1.165) is 11.1 Å². The molecule has 1 aliphatic rings. The average Bonchev–Trinajstić information content (AvgIpc) is 3.29. The van der Waals surface area contributed by atoms with Crippen LogP contribution < -0.4 is 10.6 Å². The van der Waals surface area contributed by atoms with Crippen LogP contribution in [0.4, 0.5) is 14.9 Å². The van der Waals surface area contributed by atoms with Crippen molar-refractivity contribution in [1.82, 2.24) is 10.2 Å². The molecule has 2 N–H and O–H groups in total. The molecule has 0 aliphatic carbocycles. The largest absolute Gasteiger partial charge is 0.438 e. The van der Waals surface area contributed by atoms with Crippen LogP contribution in [0, 0.1) is 5.82 Å². The summed E-state index contributed by atoms with van der Waals surface area (Å²) in [5.41, 5.74) is 2.74. The van der Waals surface area contributed by atoms with Gasteiger partial charge in [-0.15, -0.1) is 0 Å². The minimum absolute atomic E-state index is 0.0713. The van der Waals surface area contributed by atoms with Crippen LogP contribution in [0.3, 0.4) is 0 Å². The number of nitrogens with zero attached hydrogens (tertiary/aromatic N) is 1. The SMILES string of the molecule is O=C(Nc1ccc([C@H]2OC(=O)N(Cc3ccccc3)[C@H]2C(=O)NCc2ccccc2)cc1)c1ccccc1F. The van der Waals surface area contributed by atoms with Gasteiger partial charge < -0.3 is 15.4 Å². The number of anilines is 1. The number of carbonyl (C=O) groups is 3. The minimum atomic E-state index is -0.916. The average molecular weight is 524 g/mol. The van der Waals surface area contributed by atoms with Gasteiger partial charge in [0.05, 0.1) is 12.1 Å². The Morgan fingerprint density at radius 3 is 2.08 bits per heavy atom. The highest BCUT2D eigenvalue weighted by atomic mass is 19.1. The molecule has 5 rings (SSSR count). The van der Waals surface area contributed by atoms with Gasteiger partial charge in [-0.25, -0.2) is 9.18 Å².